The predicted octanol–water partition coefficient (Wildman–Crippen LogP) is 24.6. The van der Waals surface area contributed by atoms with Crippen molar-refractivity contribution in [1.29, 1.82) is 0 Å². The standard InChI is InChI=1S/C86H60N2S/c1-9-33-63(34-10-1)81-82(64-35-11-2-12-36-64)84(66-39-15-4-16-40-66)86-76-58-56-70(88(68-45-19-6-20-46-68)78-54-30-42-62-32-26-28-52-74(62)78)60-80(76)89(71-47-21-7-22-48-71,72-49-23-8-24-50-72)79-59-69(55-57-75(79)85(86)83(81)65-37-13-3-14-38-65)87(67-43-17-5-18-44-67)77-53-29-41-61-31-25-27-51-73(61)77/h1-60H. The minimum Gasteiger partial charge on any atom is -0.310 e. The van der Waals surface area contributed by atoms with Crippen LogP contribution in [-0.2, 0) is 0 Å². The van der Waals surface area contributed by atoms with Crippen LogP contribution in [0, 0.1) is 0 Å². The summed E-state index contributed by atoms with van der Waals surface area (Å²) in [7, 11) is -2.61. The quantitative estimate of drug-likeness (QED) is 0.120. The van der Waals surface area contributed by atoms with Crippen LogP contribution in [0.15, 0.2) is 384 Å². The second-order valence-electron chi connectivity index (χ2n) is 22.7. The highest BCUT2D eigenvalue weighted by molar-refractivity contribution is 8.34. The smallest absolute Gasteiger partial charge is 0.0540 e. The molecule has 0 N–H and O–H groups in total. The van der Waals surface area contributed by atoms with E-state index in [1.165, 1.54) is 85.6 Å². The number of fused-ring (bicyclic) bond motifs is 7. The van der Waals surface area contributed by atoms with Crippen LogP contribution < -0.4 is 9.80 Å². The minimum atomic E-state index is -2.61. The van der Waals surface area contributed by atoms with Crippen molar-refractivity contribution in [1.82, 2.24) is 0 Å². The zero-order valence-electron chi connectivity index (χ0n) is 48.9. The molecule has 0 atom stereocenters. The first-order valence-corrected chi connectivity index (χ1v) is 32.2. The van der Waals surface area contributed by atoms with E-state index in [1.807, 2.05) is 0 Å². The van der Waals surface area contributed by atoms with Gasteiger partial charge in [0.15, 0.2) is 0 Å². The Morgan fingerprint density at radius 3 is 0.831 bits per heavy atom. The lowest BCUT2D eigenvalue weighted by atomic mass is 9.74. The molecule has 0 aromatic heterocycles. The lowest BCUT2D eigenvalue weighted by Gasteiger charge is -2.44. The third-order valence-corrected chi connectivity index (χ3v) is 21.6. The molecule has 15 aromatic carbocycles. The number of benzene rings is 15. The second-order valence-corrected chi connectivity index (χ2v) is 25.7. The van der Waals surface area contributed by atoms with E-state index < -0.39 is 10.0 Å². The van der Waals surface area contributed by atoms with Gasteiger partial charge in [-0.3, -0.25) is 0 Å². The molecule has 1 heterocycles. The summed E-state index contributed by atoms with van der Waals surface area (Å²) in [6.07, 6.45) is 0. The van der Waals surface area contributed by atoms with Crippen LogP contribution >= 0.6 is 10.0 Å². The molecular weight excluding hydrogens is 1090 g/mol. The molecular formula is C86H60N2S. The van der Waals surface area contributed by atoms with E-state index in [4.69, 9.17) is 0 Å². The zero-order chi connectivity index (χ0) is 59.1. The van der Waals surface area contributed by atoms with E-state index in [2.05, 4.69) is 374 Å². The average Bonchev–Trinajstić information content (AvgIpc) is 1.61. The third-order valence-electron chi connectivity index (χ3n) is 17.6. The fourth-order valence-electron chi connectivity index (χ4n) is 13.9. The van der Waals surface area contributed by atoms with Crippen LogP contribution in [0.2, 0.25) is 0 Å². The molecule has 15 aromatic rings. The van der Waals surface area contributed by atoms with Crippen LogP contribution in [0.1, 0.15) is 0 Å². The lowest BCUT2D eigenvalue weighted by molar-refractivity contribution is 1.22. The minimum absolute atomic E-state index is 1.06. The van der Waals surface area contributed by atoms with Crippen molar-refractivity contribution in [2.75, 3.05) is 9.80 Å². The number of hydrogen-bond donors (Lipinski definition) is 0. The van der Waals surface area contributed by atoms with Gasteiger partial charge in [0.2, 0.25) is 0 Å². The highest BCUT2D eigenvalue weighted by atomic mass is 32.3. The molecule has 0 bridgehead atoms. The van der Waals surface area contributed by atoms with Gasteiger partial charge in [-0.2, -0.15) is 0 Å². The summed E-state index contributed by atoms with van der Waals surface area (Å²) in [5.74, 6) is 0. The lowest BCUT2D eigenvalue weighted by Crippen LogP contribution is -2.13. The number of anilines is 6. The normalized spacial score (nSPS) is 12.5. The molecule has 1 aliphatic rings. The Morgan fingerprint density at radius 1 is 0.202 bits per heavy atom. The molecule has 0 radical (unpaired) electrons. The summed E-state index contributed by atoms with van der Waals surface area (Å²) in [5.41, 5.74) is 20.5. The maximum absolute atomic E-state index is 2.61. The highest BCUT2D eigenvalue weighted by Gasteiger charge is 2.44. The third kappa shape index (κ3) is 9.13. The molecule has 3 heteroatoms. The monoisotopic (exact) mass is 1150 g/mol. The van der Waals surface area contributed by atoms with Crippen LogP contribution in [0.3, 0.4) is 0 Å². The van der Waals surface area contributed by atoms with Gasteiger partial charge in [-0.05, 0) is 162 Å². The van der Waals surface area contributed by atoms with Crippen LogP contribution in [0.4, 0.5) is 34.1 Å². The zero-order valence-corrected chi connectivity index (χ0v) is 49.8. The van der Waals surface area contributed by atoms with Crippen LogP contribution in [-0.4, -0.2) is 0 Å². The van der Waals surface area contributed by atoms with Gasteiger partial charge in [-0.25, -0.2) is 0 Å². The summed E-state index contributed by atoms with van der Waals surface area (Å²) in [6, 6.07) is 136. The molecule has 89 heavy (non-hydrogen) atoms. The molecule has 0 fully saturated rings. The van der Waals surface area contributed by atoms with Gasteiger partial charge in [0.1, 0.15) is 0 Å². The number of nitrogens with zero attached hydrogens (tertiary/aromatic N) is 2. The van der Waals surface area contributed by atoms with Crippen molar-refractivity contribution in [2.45, 2.75) is 19.6 Å². The van der Waals surface area contributed by atoms with E-state index in [0.717, 1.165) is 56.4 Å². The molecule has 0 unspecified atom stereocenters. The van der Waals surface area contributed by atoms with Gasteiger partial charge >= 0.3 is 0 Å². The Balaban J connectivity index is 1.17. The van der Waals surface area contributed by atoms with E-state index >= 15 is 0 Å². The molecule has 2 nitrogen and oxygen atoms in total. The first-order chi connectivity index (χ1) is 44.2. The first-order valence-electron chi connectivity index (χ1n) is 30.6. The van der Waals surface area contributed by atoms with E-state index in [-0.39, 0.29) is 0 Å². The fraction of sp³-hybridized carbons (Fsp3) is 0. The van der Waals surface area contributed by atoms with Gasteiger partial charge in [0, 0.05) is 53.1 Å². The maximum Gasteiger partial charge on any atom is 0.0540 e. The highest BCUT2D eigenvalue weighted by Crippen LogP contribution is 2.79. The summed E-state index contributed by atoms with van der Waals surface area (Å²) >= 11 is 0. The van der Waals surface area contributed by atoms with Crippen molar-refractivity contribution in [3.8, 4) is 66.8 Å². The number of hydrogen-bond acceptors (Lipinski definition) is 2. The van der Waals surface area contributed by atoms with Crippen molar-refractivity contribution in [2.24, 2.45) is 0 Å². The molecule has 0 aliphatic carbocycles. The van der Waals surface area contributed by atoms with Gasteiger partial charge in [0.25, 0.3) is 0 Å². The summed E-state index contributed by atoms with van der Waals surface area (Å²) in [5, 5.41) is 4.71. The second kappa shape index (κ2) is 22.9. The van der Waals surface area contributed by atoms with Gasteiger partial charge in [-0.1, -0.05) is 279 Å². The molecule has 0 saturated heterocycles. The van der Waals surface area contributed by atoms with Crippen molar-refractivity contribution in [3.05, 3.63) is 364 Å². The van der Waals surface area contributed by atoms with E-state index in [9.17, 15) is 0 Å². The van der Waals surface area contributed by atoms with Gasteiger partial charge in [0.05, 0.1) is 11.4 Å². The predicted molar refractivity (Wildman–Crippen MR) is 377 cm³/mol. The molecule has 16 rings (SSSR count). The molecule has 420 valence electrons. The Bertz CT molecular complexity index is 4710. The van der Waals surface area contributed by atoms with Crippen molar-refractivity contribution in [3.63, 3.8) is 0 Å². The maximum atomic E-state index is 2.59. The van der Waals surface area contributed by atoms with Crippen molar-refractivity contribution < 1.29 is 0 Å². The van der Waals surface area contributed by atoms with Crippen LogP contribution in [0.5, 0.6) is 0 Å². The topological polar surface area (TPSA) is 6.48 Å². The van der Waals surface area contributed by atoms with Gasteiger partial charge in [-0.15, -0.1) is 10.0 Å². The largest absolute Gasteiger partial charge is 0.310 e. The Labute approximate surface area is 522 Å². The number of rotatable bonds is 12. The summed E-state index contributed by atoms with van der Waals surface area (Å²) < 4.78 is 0. The molecule has 0 spiro atoms. The summed E-state index contributed by atoms with van der Waals surface area (Å²) in [4.78, 5) is 9.93. The Kier molecular flexibility index (Phi) is 13.7. The molecule has 0 amide bonds. The first kappa shape index (κ1) is 53.3. The Hall–Kier alpha value is -11.2. The Morgan fingerprint density at radius 2 is 0.483 bits per heavy atom. The van der Waals surface area contributed by atoms with Crippen LogP contribution in [0.25, 0.3) is 88.3 Å². The molecule has 1 aliphatic heterocycles. The summed E-state index contributed by atoms with van der Waals surface area (Å²) in [6.45, 7) is 0. The SMILES string of the molecule is c1ccc(-c2c(-c3ccccc3)c(-c3ccccc3)c3c(c2-c2ccccc2)-c2ccc(N(c4ccccc4)c4cccc5ccccc45)cc2S(c2ccccc2)(c2ccccc2)c2cc(N(c4ccccc4)c4cccc5ccccc45)ccc2-3)cc1. The molecule has 0 saturated carbocycles. The van der Waals surface area contributed by atoms with E-state index in [1.54, 1.807) is 0 Å². The fourth-order valence-corrected chi connectivity index (χ4v) is 18.2. The van der Waals surface area contributed by atoms with Crippen molar-refractivity contribution >= 4 is 65.7 Å². The van der Waals surface area contributed by atoms with Gasteiger partial charge < -0.3 is 9.80 Å². The van der Waals surface area contributed by atoms with E-state index in [0.29, 0.717) is 0 Å². The average molecular weight is 1150 g/mol. The number of para-hydroxylation sites is 2.